The predicted octanol–water partition coefficient (Wildman–Crippen LogP) is 1.44. The number of benzene rings is 1. The van der Waals surface area contributed by atoms with Crippen molar-refractivity contribution in [1.29, 1.82) is 0 Å². The van der Waals surface area contributed by atoms with Gasteiger partial charge in [-0.2, -0.15) is 0 Å². The maximum atomic E-state index is 12.0. The zero-order valence-electron chi connectivity index (χ0n) is 12.2. The Labute approximate surface area is 120 Å². The third kappa shape index (κ3) is 4.05. The predicted molar refractivity (Wildman–Crippen MR) is 79.3 cm³/mol. The van der Waals surface area contributed by atoms with E-state index >= 15 is 0 Å². The molecule has 20 heavy (non-hydrogen) atoms. The first-order chi connectivity index (χ1) is 9.63. The maximum absolute atomic E-state index is 12.0. The van der Waals surface area contributed by atoms with Crippen molar-refractivity contribution in [1.82, 2.24) is 4.90 Å². The topological polar surface area (TPSA) is 55.6 Å². The van der Waals surface area contributed by atoms with E-state index in [2.05, 4.69) is 19.1 Å². The molecule has 4 nitrogen and oxygen atoms in total. The van der Waals surface area contributed by atoms with Crippen LogP contribution in [0.3, 0.4) is 0 Å². The average Bonchev–Trinajstić information content (AvgIpc) is 2.88. The zero-order valence-corrected chi connectivity index (χ0v) is 12.2. The van der Waals surface area contributed by atoms with Gasteiger partial charge in [0, 0.05) is 13.1 Å². The van der Waals surface area contributed by atoms with Gasteiger partial charge in [-0.25, -0.2) is 0 Å². The number of hydrogen-bond donors (Lipinski definition) is 1. The number of ether oxygens (including phenoxy) is 1. The molecule has 0 spiro atoms. The smallest absolute Gasteiger partial charge is 0.248 e. The molecule has 2 N–H and O–H groups in total. The second-order valence-corrected chi connectivity index (χ2v) is 5.87. The third-order valence-corrected chi connectivity index (χ3v) is 4.01. The van der Waals surface area contributed by atoms with Crippen LogP contribution in [0.5, 0.6) is 0 Å². The van der Waals surface area contributed by atoms with E-state index < -0.39 is 0 Å². The highest BCUT2D eigenvalue weighted by Crippen LogP contribution is 2.28. The fraction of sp³-hybridized carbons (Fsp3) is 0.562. The lowest BCUT2D eigenvalue weighted by Crippen LogP contribution is -2.36. The van der Waals surface area contributed by atoms with Gasteiger partial charge in [-0.05, 0) is 30.4 Å². The Hall–Kier alpha value is -1.39. The minimum Gasteiger partial charge on any atom is -0.371 e. The lowest BCUT2D eigenvalue weighted by atomic mass is 9.90. The molecule has 0 saturated carbocycles. The summed E-state index contributed by atoms with van der Waals surface area (Å²) >= 11 is 0. The highest BCUT2D eigenvalue weighted by atomic mass is 16.5. The Bertz CT molecular complexity index is 435. The van der Waals surface area contributed by atoms with Gasteiger partial charge in [-0.15, -0.1) is 0 Å². The number of rotatable bonds is 6. The summed E-state index contributed by atoms with van der Waals surface area (Å²) in [5.41, 5.74) is 7.06. The Kier molecular flexibility index (Phi) is 5.15. The van der Waals surface area contributed by atoms with E-state index in [-0.39, 0.29) is 17.9 Å². The summed E-state index contributed by atoms with van der Waals surface area (Å²) < 4.78 is 5.49. The van der Waals surface area contributed by atoms with Gasteiger partial charge in [0.2, 0.25) is 5.91 Å². The Morgan fingerprint density at radius 1 is 1.40 bits per heavy atom. The Balaban J connectivity index is 1.66. The first kappa shape index (κ1) is 15.0. The van der Waals surface area contributed by atoms with Crippen molar-refractivity contribution >= 4 is 5.91 Å². The summed E-state index contributed by atoms with van der Waals surface area (Å²) in [4.78, 5) is 13.9. The van der Waals surface area contributed by atoms with E-state index in [0.29, 0.717) is 13.2 Å². The number of carbonyl (C=O) groups is 1. The monoisotopic (exact) mass is 276 g/mol. The SMILES string of the molecule is CC1(CN)CCN(C(=O)COCCc2ccccc2)C1. The van der Waals surface area contributed by atoms with Crippen LogP contribution >= 0.6 is 0 Å². The maximum Gasteiger partial charge on any atom is 0.248 e. The molecule has 2 rings (SSSR count). The van der Waals surface area contributed by atoms with E-state index in [1.807, 2.05) is 23.1 Å². The normalized spacial score (nSPS) is 22.2. The molecule has 1 fully saturated rings. The lowest BCUT2D eigenvalue weighted by Gasteiger charge is -2.22. The fourth-order valence-corrected chi connectivity index (χ4v) is 2.49. The molecule has 1 saturated heterocycles. The highest BCUT2D eigenvalue weighted by molar-refractivity contribution is 5.77. The lowest BCUT2D eigenvalue weighted by molar-refractivity contribution is -0.135. The number of amides is 1. The first-order valence-electron chi connectivity index (χ1n) is 7.22. The first-order valence-corrected chi connectivity index (χ1v) is 7.22. The largest absolute Gasteiger partial charge is 0.371 e. The number of nitrogens with two attached hydrogens (primary N) is 1. The molecule has 0 bridgehead atoms. The average molecular weight is 276 g/mol. The van der Waals surface area contributed by atoms with Crippen LogP contribution in [-0.2, 0) is 16.0 Å². The molecule has 110 valence electrons. The Morgan fingerprint density at radius 2 is 2.15 bits per heavy atom. The molecule has 1 aliphatic heterocycles. The number of nitrogens with zero attached hydrogens (tertiary/aromatic N) is 1. The van der Waals surface area contributed by atoms with Gasteiger partial charge in [0.05, 0.1) is 6.61 Å². The van der Waals surface area contributed by atoms with Crippen LogP contribution in [-0.4, -0.2) is 43.7 Å². The van der Waals surface area contributed by atoms with Gasteiger partial charge in [-0.1, -0.05) is 37.3 Å². The third-order valence-electron chi connectivity index (χ3n) is 4.01. The van der Waals surface area contributed by atoms with Crippen molar-refractivity contribution in [3.63, 3.8) is 0 Å². The molecule has 4 heteroatoms. The van der Waals surface area contributed by atoms with E-state index in [1.54, 1.807) is 0 Å². The van der Waals surface area contributed by atoms with Crippen molar-refractivity contribution in [2.45, 2.75) is 19.8 Å². The van der Waals surface area contributed by atoms with Gasteiger partial charge >= 0.3 is 0 Å². The summed E-state index contributed by atoms with van der Waals surface area (Å²) in [5, 5.41) is 0. The van der Waals surface area contributed by atoms with E-state index in [0.717, 1.165) is 25.9 Å². The summed E-state index contributed by atoms with van der Waals surface area (Å²) in [6.45, 7) is 5.08. The van der Waals surface area contributed by atoms with E-state index in [1.165, 1.54) is 5.56 Å². The van der Waals surface area contributed by atoms with Crippen molar-refractivity contribution in [3.05, 3.63) is 35.9 Å². The molecule has 0 aliphatic carbocycles. The van der Waals surface area contributed by atoms with Crippen LogP contribution in [0, 0.1) is 5.41 Å². The van der Waals surface area contributed by atoms with Crippen molar-refractivity contribution in [3.8, 4) is 0 Å². The van der Waals surface area contributed by atoms with Gasteiger partial charge in [0.25, 0.3) is 0 Å². The molecule has 0 radical (unpaired) electrons. The molecule has 1 aliphatic rings. The minimum absolute atomic E-state index is 0.0789. The highest BCUT2D eigenvalue weighted by Gasteiger charge is 2.34. The number of likely N-dealkylation sites (tertiary alicyclic amines) is 1. The summed E-state index contributed by atoms with van der Waals surface area (Å²) in [7, 11) is 0. The standard InChI is InChI=1S/C16H24N2O2/c1-16(12-17)8-9-18(13-16)15(19)11-20-10-7-14-5-3-2-4-6-14/h2-6H,7-13,17H2,1H3. The summed E-state index contributed by atoms with van der Waals surface area (Å²) in [6, 6.07) is 10.2. The summed E-state index contributed by atoms with van der Waals surface area (Å²) in [5.74, 6) is 0.0789. The van der Waals surface area contributed by atoms with Crippen LogP contribution in [0.15, 0.2) is 30.3 Å². The number of carbonyl (C=O) groups excluding carboxylic acids is 1. The molecule has 1 amide bonds. The molecule has 0 aromatic heterocycles. The van der Waals surface area contributed by atoms with Crippen LogP contribution < -0.4 is 5.73 Å². The van der Waals surface area contributed by atoms with Gasteiger partial charge < -0.3 is 15.4 Å². The minimum atomic E-state index is 0.0789. The molecule has 1 heterocycles. The molecule has 1 atom stereocenters. The molecule has 1 aromatic rings. The van der Waals surface area contributed by atoms with Crippen LogP contribution in [0.25, 0.3) is 0 Å². The fourth-order valence-electron chi connectivity index (χ4n) is 2.49. The molecular weight excluding hydrogens is 252 g/mol. The van der Waals surface area contributed by atoms with Crippen molar-refractivity contribution in [2.24, 2.45) is 11.1 Å². The zero-order chi connectivity index (χ0) is 14.4. The Morgan fingerprint density at radius 3 is 2.80 bits per heavy atom. The van der Waals surface area contributed by atoms with Crippen LogP contribution in [0.1, 0.15) is 18.9 Å². The number of hydrogen-bond acceptors (Lipinski definition) is 3. The van der Waals surface area contributed by atoms with Gasteiger partial charge in [0.15, 0.2) is 0 Å². The quantitative estimate of drug-likeness (QED) is 0.800. The van der Waals surface area contributed by atoms with Crippen molar-refractivity contribution < 1.29 is 9.53 Å². The van der Waals surface area contributed by atoms with Crippen molar-refractivity contribution in [2.75, 3.05) is 32.8 Å². The second-order valence-electron chi connectivity index (χ2n) is 5.87. The van der Waals surface area contributed by atoms with Gasteiger partial charge in [-0.3, -0.25) is 4.79 Å². The van der Waals surface area contributed by atoms with E-state index in [4.69, 9.17) is 10.5 Å². The second kappa shape index (κ2) is 6.86. The van der Waals surface area contributed by atoms with Gasteiger partial charge in [0.1, 0.15) is 6.61 Å². The van der Waals surface area contributed by atoms with Crippen LogP contribution in [0.4, 0.5) is 0 Å². The molecule has 1 unspecified atom stereocenters. The van der Waals surface area contributed by atoms with Crippen LogP contribution in [0.2, 0.25) is 0 Å². The summed E-state index contributed by atoms with van der Waals surface area (Å²) in [6.07, 6.45) is 1.83. The molecular formula is C16H24N2O2. The molecule has 1 aromatic carbocycles. The van der Waals surface area contributed by atoms with E-state index in [9.17, 15) is 4.79 Å².